The average Bonchev–Trinajstić information content (AvgIpc) is 3.35. The van der Waals surface area contributed by atoms with E-state index in [1.807, 2.05) is 31.2 Å². The summed E-state index contributed by atoms with van der Waals surface area (Å²) in [6.45, 7) is 2.16. The standard InChI is InChI=1S/C28H32N2O5/c1-2-18(14-26(31)32)29-27(33)17-11-16-13-25(23(16)12-17)30-28(34)35-15-24-21-9-5-3-7-19(21)20-8-4-6-10-22(20)24/h3-10,16-18,23-25H,2,11-15H2,1H3,(H,29,33)(H,30,34)(H,31,32)/t16?,17?,18-,23?,25?/m1/s1. The SMILES string of the molecule is CC[C@H](CC(=O)O)NC(=O)C1CC2CC(NC(=O)OCC3c4ccccc4-c4ccccc43)C2C1. The van der Waals surface area contributed by atoms with Crippen LogP contribution < -0.4 is 10.6 Å². The van der Waals surface area contributed by atoms with Crippen LogP contribution >= 0.6 is 0 Å². The summed E-state index contributed by atoms with van der Waals surface area (Å²) in [4.78, 5) is 36.3. The highest BCUT2D eigenvalue weighted by molar-refractivity contribution is 5.81. The molecule has 0 radical (unpaired) electrons. The maximum absolute atomic E-state index is 12.7. The number of alkyl carbamates (subject to hydrolysis) is 1. The van der Waals surface area contributed by atoms with Crippen LogP contribution in [-0.4, -0.2) is 41.8 Å². The molecule has 0 aliphatic heterocycles. The lowest BCUT2D eigenvalue weighted by Gasteiger charge is -2.40. The molecule has 0 heterocycles. The Kier molecular flexibility index (Phi) is 6.50. The van der Waals surface area contributed by atoms with Crippen molar-refractivity contribution in [2.45, 2.75) is 57.0 Å². The number of ether oxygens (including phenoxy) is 1. The summed E-state index contributed by atoms with van der Waals surface area (Å²) in [6, 6.07) is 16.2. The summed E-state index contributed by atoms with van der Waals surface area (Å²) in [5, 5.41) is 14.9. The van der Waals surface area contributed by atoms with Crippen LogP contribution in [-0.2, 0) is 14.3 Å². The molecule has 0 bridgehead atoms. The van der Waals surface area contributed by atoms with E-state index < -0.39 is 12.1 Å². The molecule has 2 amide bonds. The molecule has 35 heavy (non-hydrogen) atoms. The minimum atomic E-state index is -0.906. The van der Waals surface area contributed by atoms with Gasteiger partial charge in [0.2, 0.25) is 5.91 Å². The van der Waals surface area contributed by atoms with Crippen LogP contribution in [0.15, 0.2) is 48.5 Å². The number of benzene rings is 2. The molecule has 2 aromatic rings. The molecule has 5 atom stereocenters. The summed E-state index contributed by atoms with van der Waals surface area (Å²) in [5.74, 6) is -0.375. The van der Waals surface area contributed by atoms with E-state index in [0.717, 1.165) is 12.8 Å². The predicted molar refractivity (Wildman–Crippen MR) is 131 cm³/mol. The van der Waals surface area contributed by atoms with E-state index in [2.05, 4.69) is 34.9 Å². The number of nitrogens with one attached hydrogen (secondary N) is 2. The van der Waals surface area contributed by atoms with Crippen LogP contribution in [0, 0.1) is 17.8 Å². The zero-order chi connectivity index (χ0) is 24.5. The van der Waals surface area contributed by atoms with Crippen LogP contribution in [0.2, 0.25) is 0 Å². The van der Waals surface area contributed by atoms with E-state index in [4.69, 9.17) is 9.84 Å². The second-order valence-electron chi connectivity index (χ2n) is 10.1. The van der Waals surface area contributed by atoms with Crippen molar-refractivity contribution < 1.29 is 24.2 Å². The molecule has 0 aromatic heterocycles. The monoisotopic (exact) mass is 476 g/mol. The fourth-order valence-electron chi connectivity index (χ4n) is 6.23. The molecule has 0 spiro atoms. The van der Waals surface area contributed by atoms with Crippen molar-refractivity contribution in [1.82, 2.24) is 10.6 Å². The first-order valence-corrected chi connectivity index (χ1v) is 12.6. The lowest BCUT2D eigenvalue weighted by molar-refractivity contribution is -0.137. The van der Waals surface area contributed by atoms with Gasteiger partial charge in [-0.25, -0.2) is 4.79 Å². The third-order valence-corrected chi connectivity index (χ3v) is 8.10. The maximum atomic E-state index is 12.7. The van der Waals surface area contributed by atoms with Crippen molar-refractivity contribution in [3.8, 4) is 11.1 Å². The molecule has 184 valence electrons. The Morgan fingerprint density at radius 2 is 1.66 bits per heavy atom. The van der Waals surface area contributed by atoms with E-state index in [1.165, 1.54) is 22.3 Å². The van der Waals surface area contributed by atoms with Gasteiger partial charge in [-0.3, -0.25) is 9.59 Å². The molecule has 2 aromatic carbocycles. The van der Waals surface area contributed by atoms with Gasteiger partial charge in [0.1, 0.15) is 6.61 Å². The van der Waals surface area contributed by atoms with Gasteiger partial charge in [-0.2, -0.15) is 0 Å². The fraction of sp³-hybridized carbons (Fsp3) is 0.464. The smallest absolute Gasteiger partial charge is 0.407 e. The summed E-state index contributed by atoms with van der Waals surface area (Å²) in [7, 11) is 0. The second kappa shape index (κ2) is 9.72. The summed E-state index contributed by atoms with van der Waals surface area (Å²) >= 11 is 0. The highest BCUT2D eigenvalue weighted by Gasteiger charge is 2.50. The predicted octanol–water partition coefficient (Wildman–Crippen LogP) is 4.31. The number of hydrogen-bond donors (Lipinski definition) is 3. The highest BCUT2D eigenvalue weighted by atomic mass is 16.5. The average molecular weight is 477 g/mol. The van der Waals surface area contributed by atoms with Crippen molar-refractivity contribution >= 4 is 18.0 Å². The molecule has 3 aliphatic rings. The number of rotatable bonds is 8. The number of aliphatic carboxylic acids is 1. The number of amides is 2. The van der Waals surface area contributed by atoms with Gasteiger partial charge in [0.25, 0.3) is 0 Å². The second-order valence-corrected chi connectivity index (χ2v) is 10.1. The number of fused-ring (bicyclic) bond motifs is 4. The zero-order valence-corrected chi connectivity index (χ0v) is 19.9. The van der Waals surface area contributed by atoms with Crippen molar-refractivity contribution in [3.05, 3.63) is 59.7 Å². The topological polar surface area (TPSA) is 105 Å². The number of carboxylic acid groups (broad SMARTS) is 1. The third kappa shape index (κ3) is 4.64. The third-order valence-electron chi connectivity index (χ3n) is 8.10. The number of carboxylic acids is 1. The van der Waals surface area contributed by atoms with Crippen LogP contribution in [0.1, 0.15) is 56.1 Å². The van der Waals surface area contributed by atoms with Gasteiger partial charge in [-0.15, -0.1) is 0 Å². The molecule has 3 N–H and O–H groups in total. The van der Waals surface area contributed by atoms with E-state index in [1.54, 1.807) is 0 Å². The maximum Gasteiger partial charge on any atom is 0.407 e. The zero-order valence-electron chi connectivity index (χ0n) is 19.9. The largest absolute Gasteiger partial charge is 0.481 e. The number of hydrogen-bond acceptors (Lipinski definition) is 4. The Balaban J connectivity index is 1.12. The Morgan fingerprint density at radius 3 is 2.29 bits per heavy atom. The quantitative estimate of drug-likeness (QED) is 0.527. The van der Waals surface area contributed by atoms with Gasteiger partial charge in [-0.1, -0.05) is 55.5 Å². The molecular formula is C28H32N2O5. The van der Waals surface area contributed by atoms with Crippen LogP contribution in [0.25, 0.3) is 11.1 Å². The highest BCUT2D eigenvalue weighted by Crippen LogP contribution is 2.50. The molecule has 7 heteroatoms. The number of carbonyl (C=O) groups excluding carboxylic acids is 2. The Bertz CT molecular complexity index is 1090. The lowest BCUT2D eigenvalue weighted by Crippen LogP contribution is -2.50. The first-order valence-electron chi connectivity index (χ1n) is 12.6. The fourth-order valence-corrected chi connectivity index (χ4v) is 6.23. The first kappa shape index (κ1) is 23.4. The van der Waals surface area contributed by atoms with Gasteiger partial charge in [-0.05, 0) is 59.8 Å². The van der Waals surface area contributed by atoms with Crippen molar-refractivity contribution in [2.24, 2.45) is 17.8 Å². The molecule has 0 saturated heterocycles. The molecular weight excluding hydrogens is 444 g/mol. The molecule has 2 saturated carbocycles. The van der Waals surface area contributed by atoms with E-state index in [-0.39, 0.29) is 48.8 Å². The van der Waals surface area contributed by atoms with Crippen LogP contribution in [0.4, 0.5) is 4.79 Å². The van der Waals surface area contributed by atoms with Gasteiger partial charge in [0.15, 0.2) is 0 Å². The van der Waals surface area contributed by atoms with Crippen LogP contribution in [0.3, 0.4) is 0 Å². The van der Waals surface area contributed by atoms with Crippen molar-refractivity contribution in [3.63, 3.8) is 0 Å². The van der Waals surface area contributed by atoms with Gasteiger partial charge < -0.3 is 20.5 Å². The lowest BCUT2D eigenvalue weighted by atomic mass is 9.71. The minimum Gasteiger partial charge on any atom is -0.481 e. The van der Waals surface area contributed by atoms with E-state index in [9.17, 15) is 14.4 Å². The van der Waals surface area contributed by atoms with Gasteiger partial charge in [0, 0.05) is 23.9 Å². The Morgan fingerprint density at radius 1 is 1.00 bits per heavy atom. The Hall–Kier alpha value is -3.35. The molecule has 7 nitrogen and oxygen atoms in total. The number of carbonyl (C=O) groups is 3. The summed E-state index contributed by atoms with van der Waals surface area (Å²) < 4.78 is 5.69. The molecule has 4 unspecified atom stereocenters. The summed E-state index contributed by atoms with van der Waals surface area (Å²) in [5.41, 5.74) is 4.76. The molecule has 5 rings (SSSR count). The van der Waals surface area contributed by atoms with Crippen molar-refractivity contribution in [1.29, 1.82) is 0 Å². The molecule has 3 aliphatic carbocycles. The van der Waals surface area contributed by atoms with Gasteiger partial charge in [0.05, 0.1) is 6.42 Å². The van der Waals surface area contributed by atoms with Crippen LogP contribution in [0.5, 0.6) is 0 Å². The summed E-state index contributed by atoms with van der Waals surface area (Å²) in [6.07, 6.45) is 2.48. The first-order chi connectivity index (χ1) is 16.9. The molecule has 2 fully saturated rings. The van der Waals surface area contributed by atoms with E-state index >= 15 is 0 Å². The van der Waals surface area contributed by atoms with E-state index in [0.29, 0.717) is 18.8 Å². The Labute approximate surface area is 205 Å². The van der Waals surface area contributed by atoms with Gasteiger partial charge >= 0.3 is 12.1 Å². The van der Waals surface area contributed by atoms with Crippen molar-refractivity contribution in [2.75, 3.05) is 6.61 Å². The minimum absolute atomic E-state index is 0.0226. The normalized spacial score (nSPS) is 24.9.